The number of benzene rings is 5. The Bertz CT molecular complexity index is 4420. The molecule has 1 heterocycles. The van der Waals surface area contributed by atoms with Gasteiger partial charge in [-0.05, 0) is 185 Å². The number of rotatable bonds is 36. The Hall–Kier alpha value is -8.12. The minimum atomic E-state index is -3.87. The molecule has 0 amide bonds. The lowest BCUT2D eigenvalue weighted by Gasteiger charge is -2.26. The largest absolute Gasteiger partial charge is 0.493 e. The second-order valence-corrected chi connectivity index (χ2v) is 33.0. The second kappa shape index (κ2) is 47.3. The van der Waals surface area contributed by atoms with Crippen molar-refractivity contribution in [3.63, 3.8) is 0 Å². The van der Waals surface area contributed by atoms with Crippen molar-refractivity contribution >= 4 is 80.0 Å². The Morgan fingerprint density at radius 1 is 0.445 bits per heavy atom. The lowest BCUT2D eigenvalue weighted by molar-refractivity contribution is -0.0259. The van der Waals surface area contributed by atoms with E-state index in [2.05, 4.69) is 4.72 Å². The molecule has 6 rings (SSSR count). The number of carboxylic acid groups (broad SMARTS) is 1. The summed E-state index contributed by atoms with van der Waals surface area (Å²) in [5, 5.41) is 9.13. The van der Waals surface area contributed by atoms with E-state index in [1.54, 1.807) is 76.2 Å². The first kappa shape index (κ1) is 98.0. The average Bonchev–Trinajstić information content (AvgIpc) is 0.799. The summed E-state index contributed by atoms with van der Waals surface area (Å²) in [7, 11) is -10.8. The average molecular weight is 1650 g/mol. The number of aromatic carboxylic acids is 1. The standard InChI is InChI=1S/C16H23NO5S.C16H25NO5S.C14H21NO6S.2C13H19NO6S/c1-3-21-15-9-8-13(12-14(15)16(18)22-4-2)23(19,20)17-10-6-5-7-11-17;1-6-21-15-9-8-13(10-14(15)16(18)22-7-2)23(19,20)17(5)11-12(3)4;1-6-20-12-8-10(3)13(22(17,18)15(4)19-5)9-11(12)14(16)21-7-2;1-5-19-12-8-7-10(21(16,17)14(3)18-4)9-11(12)13(15)20-6-2;1-4-20-12-6-5-10(7-11(12)13(15)16)21(17,18)14-9(2)8-19-3/h8-9,12H,3-7,10-11H2,1-2H3;8-10,12H,6-7,11H2,1-5H3;8-9H,6-7H2,1-5H3;7-9H,5-6H2,1-4H3;5-7,9,14H,4,8H2,1-3H3,(H,15,16). The van der Waals surface area contributed by atoms with Gasteiger partial charge in [-0.3, -0.25) is 9.68 Å². The van der Waals surface area contributed by atoms with Crippen LogP contribution in [0.15, 0.2) is 109 Å². The van der Waals surface area contributed by atoms with Crippen LogP contribution >= 0.6 is 0 Å². The summed E-state index contributed by atoms with van der Waals surface area (Å²) in [6, 6.07) is 18.6. The fraction of sp³-hybridized carbons (Fsp3) is 0.514. The van der Waals surface area contributed by atoms with Crippen LogP contribution in [0.5, 0.6) is 28.7 Å². The number of esters is 4. The summed E-state index contributed by atoms with van der Waals surface area (Å²) in [6.45, 7) is 26.8. The molecule has 618 valence electrons. The van der Waals surface area contributed by atoms with Crippen LogP contribution in [-0.2, 0) is 83.5 Å². The minimum absolute atomic E-state index is 0.0386. The first-order valence-electron chi connectivity index (χ1n) is 35.0. The van der Waals surface area contributed by atoms with Crippen molar-refractivity contribution in [3.8, 4) is 28.7 Å². The number of methoxy groups -OCH3 is 1. The molecule has 2 N–H and O–H groups in total. The summed E-state index contributed by atoms with van der Waals surface area (Å²) in [5.41, 5.74) is 0.640. The molecular weight excluding hydrogens is 1540 g/mol. The molecule has 38 heteroatoms. The first-order valence-corrected chi connectivity index (χ1v) is 42.3. The highest BCUT2D eigenvalue weighted by Gasteiger charge is 2.32. The van der Waals surface area contributed by atoms with Crippen molar-refractivity contribution in [2.45, 2.75) is 140 Å². The number of carbonyl (C=O) groups excluding carboxylic acids is 4. The van der Waals surface area contributed by atoms with Gasteiger partial charge in [-0.15, -0.1) is 0 Å². The van der Waals surface area contributed by atoms with Crippen LogP contribution < -0.4 is 28.4 Å². The Balaban J connectivity index is 0.000000467. The number of aryl methyl sites for hydroxylation is 1. The molecule has 110 heavy (non-hydrogen) atoms. The van der Waals surface area contributed by atoms with Crippen LogP contribution in [0.3, 0.4) is 0 Å². The molecular formula is C72H107N5O28S5. The van der Waals surface area contributed by atoms with E-state index in [0.29, 0.717) is 67.6 Å². The molecule has 0 bridgehead atoms. The number of carboxylic acids is 1. The molecule has 1 aliphatic heterocycles. The summed E-state index contributed by atoms with van der Waals surface area (Å²) >= 11 is 0. The van der Waals surface area contributed by atoms with Gasteiger partial charge < -0.3 is 52.5 Å². The number of hydroxylamine groups is 2. The molecule has 0 spiro atoms. The fourth-order valence-corrected chi connectivity index (χ4v) is 16.2. The number of piperidine rings is 1. The normalized spacial score (nSPS) is 12.8. The molecule has 0 aliphatic carbocycles. The van der Waals surface area contributed by atoms with Gasteiger partial charge in [0, 0.05) is 53.9 Å². The third-order valence-corrected chi connectivity index (χ3v) is 23.7. The Kier molecular flexibility index (Phi) is 42.1. The second-order valence-electron chi connectivity index (χ2n) is 23.4. The molecule has 5 aromatic carbocycles. The van der Waals surface area contributed by atoms with Gasteiger partial charge in [0.2, 0.25) is 30.1 Å². The number of ether oxygens (including phenoxy) is 10. The van der Waals surface area contributed by atoms with Crippen molar-refractivity contribution < 1.29 is 128 Å². The predicted molar refractivity (Wildman–Crippen MR) is 406 cm³/mol. The molecule has 1 atom stereocenters. The van der Waals surface area contributed by atoms with Gasteiger partial charge in [-0.2, -0.15) is 4.31 Å². The monoisotopic (exact) mass is 1650 g/mol. The van der Waals surface area contributed by atoms with Crippen LogP contribution in [0.2, 0.25) is 0 Å². The molecule has 1 aliphatic rings. The smallest absolute Gasteiger partial charge is 0.341 e. The van der Waals surface area contributed by atoms with Crippen molar-refractivity contribution in [3.05, 3.63) is 118 Å². The lowest BCUT2D eigenvalue weighted by Crippen LogP contribution is -2.35. The van der Waals surface area contributed by atoms with Crippen molar-refractivity contribution in [2.75, 3.05) is 128 Å². The van der Waals surface area contributed by atoms with E-state index in [4.69, 9.17) is 62.2 Å². The molecule has 5 aromatic rings. The van der Waals surface area contributed by atoms with Gasteiger partial charge in [-0.1, -0.05) is 29.2 Å². The third-order valence-electron chi connectivity index (χ3n) is 14.9. The molecule has 33 nitrogen and oxygen atoms in total. The fourth-order valence-electron chi connectivity index (χ4n) is 9.81. The van der Waals surface area contributed by atoms with Gasteiger partial charge in [-0.25, -0.2) is 75.1 Å². The Morgan fingerprint density at radius 3 is 1.16 bits per heavy atom. The zero-order valence-electron chi connectivity index (χ0n) is 65.9. The zero-order valence-corrected chi connectivity index (χ0v) is 69.9. The maximum absolute atomic E-state index is 12.7. The van der Waals surface area contributed by atoms with E-state index in [0.717, 1.165) is 29.8 Å². The van der Waals surface area contributed by atoms with E-state index in [9.17, 15) is 66.1 Å². The Labute approximate surface area is 647 Å². The molecule has 0 saturated carbocycles. The SMILES string of the molecule is CCOC(=O)c1cc(S(=O)(=O)N(C)CC(C)C)ccc1OCC.CCOC(=O)c1cc(S(=O)(=O)N(C)OC)c(C)cc1OCC.CCOC(=O)c1cc(S(=O)(=O)N(C)OC)ccc1OCC.CCOC(=O)c1cc(S(=O)(=O)N2CCCCC2)ccc1OCC.CCOc1ccc(S(=O)(=O)NC(C)COC)cc1C(=O)O. The van der Waals surface area contributed by atoms with Gasteiger partial charge in [0.25, 0.3) is 20.0 Å². The van der Waals surface area contributed by atoms with Gasteiger partial charge in [0.15, 0.2) is 0 Å². The maximum Gasteiger partial charge on any atom is 0.341 e. The highest BCUT2D eigenvalue weighted by molar-refractivity contribution is 7.90. The van der Waals surface area contributed by atoms with E-state index >= 15 is 0 Å². The van der Waals surface area contributed by atoms with Crippen molar-refractivity contribution in [1.82, 2.24) is 22.3 Å². The number of hydrogen-bond acceptors (Lipinski definition) is 27. The summed E-state index contributed by atoms with van der Waals surface area (Å²) in [5.74, 6) is -2.16. The maximum atomic E-state index is 12.7. The van der Waals surface area contributed by atoms with Crippen molar-refractivity contribution in [1.29, 1.82) is 0 Å². The topological polar surface area (TPSA) is 412 Å². The highest BCUT2D eigenvalue weighted by atomic mass is 32.2. The first-order chi connectivity index (χ1) is 51.7. The van der Waals surface area contributed by atoms with E-state index in [1.807, 2.05) is 13.8 Å². The zero-order chi connectivity index (χ0) is 83.5. The van der Waals surface area contributed by atoms with Gasteiger partial charge in [0.1, 0.15) is 56.6 Å². The van der Waals surface area contributed by atoms with E-state index in [-0.39, 0.29) is 115 Å². The molecule has 1 unspecified atom stereocenters. The summed E-state index contributed by atoms with van der Waals surface area (Å²) in [6.07, 6.45) is 2.77. The van der Waals surface area contributed by atoms with Crippen LogP contribution in [0, 0.1) is 12.8 Å². The lowest BCUT2D eigenvalue weighted by atomic mass is 10.1. The highest BCUT2D eigenvalue weighted by Crippen LogP contribution is 2.32. The third kappa shape index (κ3) is 28.6. The molecule has 0 radical (unpaired) electrons. The van der Waals surface area contributed by atoms with Crippen LogP contribution in [-0.4, -0.2) is 229 Å². The number of carbonyl (C=O) groups is 5. The van der Waals surface area contributed by atoms with E-state index < -0.39 is 86.0 Å². The minimum Gasteiger partial charge on any atom is -0.493 e. The van der Waals surface area contributed by atoms with Gasteiger partial charge in [0.05, 0.1) is 105 Å². The summed E-state index contributed by atoms with van der Waals surface area (Å²) in [4.78, 5) is 68.6. The number of nitrogens with zero attached hydrogens (tertiary/aromatic N) is 4. The van der Waals surface area contributed by atoms with Gasteiger partial charge >= 0.3 is 29.8 Å². The number of nitrogens with one attached hydrogen (secondary N) is 1. The molecule has 1 fully saturated rings. The quantitative estimate of drug-likeness (QED) is 0.0214. The Morgan fingerprint density at radius 2 is 0.791 bits per heavy atom. The number of hydrogen-bond donors (Lipinski definition) is 2. The van der Waals surface area contributed by atoms with Crippen LogP contribution in [0.4, 0.5) is 0 Å². The van der Waals surface area contributed by atoms with Crippen molar-refractivity contribution in [2.24, 2.45) is 5.92 Å². The van der Waals surface area contributed by atoms with Crippen LogP contribution in [0.1, 0.15) is 160 Å². The van der Waals surface area contributed by atoms with E-state index in [1.165, 1.54) is 130 Å². The molecule has 0 aromatic heterocycles. The summed E-state index contributed by atoms with van der Waals surface area (Å²) < 4.78 is 182. The number of sulfonamides is 5. The van der Waals surface area contributed by atoms with Crippen LogP contribution in [0.25, 0.3) is 0 Å². The molecule has 1 saturated heterocycles. The predicted octanol–water partition coefficient (Wildman–Crippen LogP) is 9.27.